The Morgan fingerprint density at radius 3 is 2.42 bits per heavy atom. The Balaban J connectivity index is 1.67. The average Bonchev–Trinajstić information content (AvgIpc) is 3.42. The van der Waals surface area contributed by atoms with Crippen LogP contribution in [0.2, 0.25) is 0 Å². The summed E-state index contributed by atoms with van der Waals surface area (Å²) in [4.78, 5) is 32.7. The number of carbonyl (C=O) groups excluding carboxylic acids is 2. The van der Waals surface area contributed by atoms with Crippen molar-refractivity contribution in [2.45, 2.75) is 13.0 Å². The zero-order valence-corrected chi connectivity index (χ0v) is 21.8. The highest BCUT2D eigenvalue weighted by molar-refractivity contribution is 9.10. The van der Waals surface area contributed by atoms with E-state index in [2.05, 4.69) is 20.9 Å². The second-order valence-electron chi connectivity index (χ2n) is 8.01. The van der Waals surface area contributed by atoms with Gasteiger partial charge in [0.05, 0.1) is 35.5 Å². The van der Waals surface area contributed by atoms with Crippen LogP contribution in [0.15, 0.2) is 76.8 Å². The fourth-order valence-electron chi connectivity index (χ4n) is 4.14. The number of benzene rings is 3. The van der Waals surface area contributed by atoms with Crippen molar-refractivity contribution in [2.75, 3.05) is 18.6 Å². The highest BCUT2D eigenvalue weighted by atomic mass is 79.9. The summed E-state index contributed by atoms with van der Waals surface area (Å²) >= 11 is 4.71. The van der Waals surface area contributed by atoms with Crippen molar-refractivity contribution in [2.24, 2.45) is 0 Å². The van der Waals surface area contributed by atoms with Gasteiger partial charge in [-0.2, -0.15) is 0 Å². The third-order valence-electron chi connectivity index (χ3n) is 5.86. The number of hydrogen-bond acceptors (Lipinski definition) is 7. The van der Waals surface area contributed by atoms with Gasteiger partial charge in [-0.3, -0.25) is 14.5 Å². The number of hydrogen-bond donors (Lipinski definition) is 1. The topological polar surface area (TPSA) is 89.0 Å². The summed E-state index contributed by atoms with van der Waals surface area (Å²) in [5.41, 5.74) is 1.76. The maximum absolute atomic E-state index is 13.4. The Hall–Kier alpha value is -3.69. The van der Waals surface area contributed by atoms with E-state index in [-0.39, 0.29) is 11.3 Å². The first kappa shape index (κ1) is 24.0. The van der Waals surface area contributed by atoms with E-state index < -0.39 is 17.7 Å². The Bertz CT molecular complexity index is 1500. The Kier molecular flexibility index (Phi) is 6.51. The third kappa shape index (κ3) is 4.25. The summed E-state index contributed by atoms with van der Waals surface area (Å²) in [7, 11) is 1.58. The number of amides is 1. The Morgan fingerprint density at radius 2 is 1.75 bits per heavy atom. The number of Topliss-reactive ketones (excluding diaryl/α,β-unsaturated/α-hetero) is 1. The van der Waals surface area contributed by atoms with Crippen molar-refractivity contribution in [1.82, 2.24) is 4.98 Å². The van der Waals surface area contributed by atoms with E-state index in [9.17, 15) is 14.7 Å². The molecule has 0 bridgehead atoms. The molecule has 1 atom stereocenters. The summed E-state index contributed by atoms with van der Waals surface area (Å²) in [5.74, 6) is -0.467. The van der Waals surface area contributed by atoms with Crippen LogP contribution in [0.25, 0.3) is 16.0 Å². The lowest BCUT2D eigenvalue weighted by atomic mass is 9.95. The number of aliphatic hydroxyl groups is 1. The number of carbonyl (C=O) groups is 2. The number of aromatic nitrogens is 1. The van der Waals surface area contributed by atoms with Crippen molar-refractivity contribution < 1.29 is 24.2 Å². The van der Waals surface area contributed by atoms with Gasteiger partial charge in [0.1, 0.15) is 17.3 Å². The van der Waals surface area contributed by atoms with E-state index in [0.717, 1.165) is 9.17 Å². The Morgan fingerprint density at radius 1 is 1.06 bits per heavy atom. The Labute approximate surface area is 219 Å². The monoisotopic (exact) mass is 564 g/mol. The third-order valence-corrected chi connectivity index (χ3v) is 7.41. The second kappa shape index (κ2) is 9.75. The van der Waals surface area contributed by atoms with E-state index >= 15 is 0 Å². The molecule has 0 radical (unpaired) electrons. The first-order valence-corrected chi connectivity index (χ1v) is 12.8. The van der Waals surface area contributed by atoms with E-state index in [1.54, 1.807) is 43.5 Å². The molecule has 1 aliphatic heterocycles. The minimum Gasteiger partial charge on any atom is -0.507 e. The minimum absolute atomic E-state index is 0.00307. The molecule has 1 fully saturated rings. The number of ketones is 1. The SMILES string of the molecule is CCOc1ccc(C(O)=C2C(=O)C(=O)N(c3nc4ccc(OC)cc4s3)[C@@H]2c2ccc(Br)cc2)cc1. The van der Waals surface area contributed by atoms with E-state index in [1.165, 1.54) is 16.2 Å². The molecule has 5 rings (SSSR count). The minimum atomic E-state index is -0.855. The zero-order chi connectivity index (χ0) is 25.4. The van der Waals surface area contributed by atoms with Crippen molar-refractivity contribution in [1.29, 1.82) is 0 Å². The molecule has 182 valence electrons. The molecule has 1 amide bonds. The van der Waals surface area contributed by atoms with Gasteiger partial charge in [0.15, 0.2) is 5.13 Å². The molecule has 1 aliphatic rings. The summed E-state index contributed by atoms with van der Waals surface area (Å²) in [6, 6.07) is 18.6. The summed E-state index contributed by atoms with van der Waals surface area (Å²) in [6.07, 6.45) is 0. The van der Waals surface area contributed by atoms with Gasteiger partial charge in [-0.1, -0.05) is 39.4 Å². The molecule has 3 aromatic carbocycles. The van der Waals surface area contributed by atoms with Crippen molar-refractivity contribution in [3.8, 4) is 11.5 Å². The molecule has 0 unspecified atom stereocenters. The van der Waals surface area contributed by atoms with Gasteiger partial charge >= 0.3 is 5.91 Å². The standard InChI is InChI=1S/C27H21BrN2O5S/c1-3-35-18-10-6-16(7-11-18)24(31)22-23(15-4-8-17(28)9-5-15)30(26(33)25(22)32)27-29-20-13-12-19(34-2)14-21(20)36-27/h4-14,23,31H,3H2,1-2H3/t23-/m1/s1. The quantitative estimate of drug-likeness (QED) is 0.173. The first-order valence-electron chi connectivity index (χ1n) is 11.2. The molecule has 2 heterocycles. The smallest absolute Gasteiger partial charge is 0.301 e. The van der Waals surface area contributed by atoms with Gasteiger partial charge in [-0.05, 0) is 67.1 Å². The van der Waals surface area contributed by atoms with Crippen LogP contribution >= 0.6 is 27.3 Å². The average molecular weight is 565 g/mol. The molecule has 1 aromatic heterocycles. The maximum Gasteiger partial charge on any atom is 0.301 e. The van der Waals surface area contributed by atoms with Gasteiger partial charge in [0.2, 0.25) is 0 Å². The van der Waals surface area contributed by atoms with Crippen LogP contribution in [0.1, 0.15) is 24.1 Å². The number of methoxy groups -OCH3 is 1. The predicted octanol–water partition coefficient (Wildman–Crippen LogP) is 6.09. The highest BCUT2D eigenvalue weighted by Gasteiger charge is 2.48. The van der Waals surface area contributed by atoms with Crippen molar-refractivity contribution in [3.63, 3.8) is 0 Å². The maximum atomic E-state index is 13.4. The van der Waals surface area contributed by atoms with Crippen LogP contribution in [-0.2, 0) is 9.59 Å². The molecular formula is C27H21BrN2O5S. The van der Waals surface area contributed by atoms with Crippen LogP contribution in [-0.4, -0.2) is 35.5 Å². The molecule has 0 aliphatic carbocycles. The number of ether oxygens (including phenoxy) is 2. The highest BCUT2D eigenvalue weighted by Crippen LogP contribution is 2.44. The van der Waals surface area contributed by atoms with Gasteiger partial charge in [-0.25, -0.2) is 4.98 Å². The molecule has 0 saturated carbocycles. The molecule has 36 heavy (non-hydrogen) atoms. The number of aliphatic hydroxyl groups excluding tert-OH is 1. The van der Waals surface area contributed by atoms with Crippen LogP contribution in [0, 0.1) is 0 Å². The van der Waals surface area contributed by atoms with E-state index in [1.807, 2.05) is 37.3 Å². The number of anilines is 1. The lowest BCUT2D eigenvalue weighted by molar-refractivity contribution is -0.132. The van der Waals surface area contributed by atoms with Gasteiger partial charge in [0, 0.05) is 10.0 Å². The number of rotatable bonds is 6. The summed E-state index contributed by atoms with van der Waals surface area (Å²) in [5, 5.41) is 11.6. The number of halogens is 1. The molecule has 1 saturated heterocycles. The fourth-order valence-corrected chi connectivity index (χ4v) is 5.43. The van der Waals surface area contributed by atoms with Crippen molar-refractivity contribution >= 4 is 60.1 Å². The van der Waals surface area contributed by atoms with Gasteiger partial charge < -0.3 is 14.6 Å². The van der Waals surface area contributed by atoms with Crippen LogP contribution in [0.4, 0.5) is 5.13 Å². The van der Waals surface area contributed by atoms with Gasteiger partial charge in [0.25, 0.3) is 5.78 Å². The number of thiazole rings is 1. The predicted molar refractivity (Wildman–Crippen MR) is 143 cm³/mol. The van der Waals surface area contributed by atoms with Crippen LogP contribution in [0.3, 0.4) is 0 Å². The molecule has 4 aromatic rings. The first-order chi connectivity index (χ1) is 17.4. The number of fused-ring (bicyclic) bond motifs is 1. The lowest BCUT2D eigenvalue weighted by Gasteiger charge is -2.23. The largest absolute Gasteiger partial charge is 0.507 e. The number of nitrogens with zero attached hydrogens (tertiary/aromatic N) is 2. The molecule has 9 heteroatoms. The molecule has 0 spiro atoms. The molecular weight excluding hydrogens is 544 g/mol. The normalized spacial score (nSPS) is 17.1. The fraction of sp³-hybridized carbons (Fsp3) is 0.148. The second-order valence-corrected chi connectivity index (χ2v) is 9.93. The van der Waals surface area contributed by atoms with E-state index in [0.29, 0.717) is 39.9 Å². The summed E-state index contributed by atoms with van der Waals surface area (Å²) in [6.45, 7) is 2.39. The van der Waals surface area contributed by atoms with Crippen molar-refractivity contribution in [3.05, 3.63) is 87.9 Å². The molecule has 7 nitrogen and oxygen atoms in total. The zero-order valence-electron chi connectivity index (χ0n) is 19.4. The van der Waals surface area contributed by atoms with Gasteiger partial charge in [-0.15, -0.1) is 0 Å². The van der Waals surface area contributed by atoms with E-state index in [4.69, 9.17) is 9.47 Å². The van der Waals surface area contributed by atoms with Crippen LogP contribution < -0.4 is 14.4 Å². The van der Waals surface area contributed by atoms with Crippen LogP contribution in [0.5, 0.6) is 11.5 Å². The lowest BCUT2D eigenvalue weighted by Crippen LogP contribution is -2.29. The summed E-state index contributed by atoms with van der Waals surface area (Å²) < 4.78 is 12.4. The molecule has 1 N–H and O–H groups in total.